The summed E-state index contributed by atoms with van der Waals surface area (Å²) in [7, 11) is 0. The first-order chi connectivity index (χ1) is 9.49. The van der Waals surface area contributed by atoms with Gasteiger partial charge in [0.15, 0.2) is 0 Å². The second kappa shape index (κ2) is 6.55. The summed E-state index contributed by atoms with van der Waals surface area (Å²) in [6, 6.07) is 13.4. The van der Waals surface area contributed by atoms with Crippen molar-refractivity contribution >= 4 is 11.3 Å². The minimum Gasteiger partial charge on any atom is -0.308 e. The van der Waals surface area contributed by atoms with E-state index >= 15 is 0 Å². The van der Waals surface area contributed by atoms with Crippen molar-refractivity contribution in [3.05, 3.63) is 57.3 Å². The Morgan fingerprint density at radius 2 is 1.55 bits per heavy atom. The summed E-state index contributed by atoms with van der Waals surface area (Å²) in [4.78, 5) is 2.89. The van der Waals surface area contributed by atoms with Crippen molar-refractivity contribution in [2.24, 2.45) is 0 Å². The van der Waals surface area contributed by atoms with Crippen LogP contribution in [0.2, 0.25) is 0 Å². The Kier molecular flexibility index (Phi) is 5.00. The topological polar surface area (TPSA) is 12.0 Å². The van der Waals surface area contributed by atoms with Gasteiger partial charge in [0.2, 0.25) is 0 Å². The van der Waals surface area contributed by atoms with Crippen LogP contribution in [0.5, 0.6) is 0 Å². The molecule has 0 radical (unpaired) electrons. The van der Waals surface area contributed by atoms with Crippen molar-refractivity contribution < 1.29 is 0 Å². The molecule has 1 heterocycles. The van der Waals surface area contributed by atoms with E-state index in [4.69, 9.17) is 0 Å². The second-order valence-electron chi connectivity index (χ2n) is 6.27. The fraction of sp³-hybridized carbons (Fsp3) is 0.444. The Hall–Kier alpha value is -1.12. The fourth-order valence-electron chi connectivity index (χ4n) is 2.16. The normalized spacial score (nSPS) is 11.8. The van der Waals surface area contributed by atoms with Crippen LogP contribution in [0.3, 0.4) is 0 Å². The Morgan fingerprint density at radius 3 is 2.10 bits per heavy atom. The lowest BCUT2D eigenvalue weighted by Crippen LogP contribution is -2.13. The van der Waals surface area contributed by atoms with E-state index in [0.717, 1.165) is 19.5 Å². The second-order valence-corrected chi connectivity index (χ2v) is 7.52. The molecule has 0 bridgehead atoms. The molecule has 1 aromatic heterocycles. The molecule has 0 amide bonds. The van der Waals surface area contributed by atoms with Gasteiger partial charge in [-0.05, 0) is 35.1 Å². The van der Waals surface area contributed by atoms with Gasteiger partial charge in [-0.2, -0.15) is 0 Å². The number of aryl methyl sites for hydroxylation is 1. The first kappa shape index (κ1) is 15.3. The van der Waals surface area contributed by atoms with Gasteiger partial charge in [0.1, 0.15) is 0 Å². The maximum atomic E-state index is 3.52. The standard InChI is InChI=1S/C18H25NS/c1-5-16-10-11-17(20-16)13-19-12-14-6-8-15(9-7-14)18(2,3)4/h6-11,19H,5,12-13H2,1-4H3. The third kappa shape index (κ3) is 4.19. The fourth-order valence-corrected chi connectivity index (χ4v) is 3.09. The molecule has 0 aliphatic heterocycles. The van der Waals surface area contributed by atoms with Gasteiger partial charge in [-0.3, -0.25) is 0 Å². The van der Waals surface area contributed by atoms with E-state index in [1.165, 1.54) is 20.9 Å². The quantitative estimate of drug-likeness (QED) is 0.825. The predicted molar refractivity (Wildman–Crippen MR) is 89.4 cm³/mol. The van der Waals surface area contributed by atoms with Gasteiger partial charge in [-0.1, -0.05) is 52.0 Å². The first-order valence-corrected chi connectivity index (χ1v) is 8.18. The largest absolute Gasteiger partial charge is 0.308 e. The van der Waals surface area contributed by atoms with Crippen LogP contribution in [0.15, 0.2) is 36.4 Å². The van der Waals surface area contributed by atoms with E-state index in [0.29, 0.717) is 0 Å². The summed E-state index contributed by atoms with van der Waals surface area (Å²) in [5.41, 5.74) is 2.98. The average Bonchev–Trinajstić information content (AvgIpc) is 2.86. The van der Waals surface area contributed by atoms with Crippen LogP contribution in [-0.4, -0.2) is 0 Å². The minimum absolute atomic E-state index is 0.236. The number of hydrogen-bond donors (Lipinski definition) is 1. The highest BCUT2D eigenvalue weighted by atomic mass is 32.1. The lowest BCUT2D eigenvalue weighted by Gasteiger charge is -2.19. The molecule has 2 aromatic rings. The van der Waals surface area contributed by atoms with Gasteiger partial charge in [-0.15, -0.1) is 11.3 Å². The van der Waals surface area contributed by atoms with E-state index in [9.17, 15) is 0 Å². The Bertz CT molecular complexity index is 531. The van der Waals surface area contributed by atoms with Crippen LogP contribution in [0.1, 0.15) is 48.6 Å². The van der Waals surface area contributed by atoms with Crippen LogP contribution in [0.4, 0.5) is 0 Å². The van der Waals surface area contributed by atoms with Crippen molar-refractivity contribution in [3.8, 4) is 0 Å². The van der Waals surface area contributed by atoms with Gasteiger partial charge in [0.25, 0.3) is 0 Å². The summed E-state index contributed by atoms with van der Waals surface area (Å²) in [6.45, 7) is 10.9. The number of nitrogens with one attached hydrogen (secondary N) is 1. The van der Waals surface area contributed by atoms with Crippen molar-refractivity contribution in [1.29, 1.82) is 0 Å². The summed E-state index contributed by atoms with van der Waals surface area (Å²) in [6.07, 6.45) is 1.14. The van der Waals surface area contributed by atoms with Crippen LogP contribution >= 0.6 is 11.3 Å². The van der Waals surface area contributed by atoms with Gasteiger partial charge in [0, 0.05) is 22.8 Å². The summed E-state index contributed by atoms with van der Waals surface area (Å²) >= 11 is 1.91. The molecule has 0 unspecified atom stereocenters. The van der Waals surface area contributed by atoms with E-state index in [2.05, 4.69) is 69.4 Å². The van der Waals surface area contributed by atoms with Crippen molar-refractivity contribution in [1.82, 2.24) is 5.32 Å². The SMILES string of the molecule is CCc1ccc(CNCc2ccc(C(C)(C)C)cc2)s1. The molecule has 1 nitrogen and oxygen atoms in total. The number of rotatable bonds is 5. The smallest absolute Gasteiger partial charge is 0.0303 e. The van der Waals surface area contributed by atoms with Crippen molar-refractivity contribution in [2.45, 2.75) is 52.6 Å². The molecule has 0 saturated heterocycles. The third-order valence-electron chi connectivity index (χ3n) is 3.51. The molecule has 20 heavy (non-hydrogen) atoms. The number of hydrogen-bond acceptors (Lipinski definition) is 2. The van der Waals surface area contributed by atoms with Gasteiger partial charge in [0.05, 0.1) is 0 Å². The molecule has 0 spiro atoms. The van der Waals surface area contributed by atoms with Crippen molar-refractivity contribution in [3.63, 3.8) is 0 Å². The Morgan fingerprint density at radius 1 is 0.900 bits per heavy atom. The molecule has 0 aliphatic rings. The van der Waals surface area contributed by atoms with Crippen LogP contribution < -0.4 is 5.32 Å². The van der Waals surface area contributed by atoms with E-state index in [-0.39, 0.29) is 5.41 Å². The lowest BCUT2D eigenvalue weighted by molar-refractivity contribution is 0.589. The summed E-state index contributed by atoms with van der Waals surface area (Å²) < 4.78 is 0. The molecular formula is C18H25NS. The first-order valence-electron chi connectivity index (χ1n) is 7.37. The molecular weight excluding hydrogens is 262 g/mol. The maximum Gasteiger partial charge on any atom is 0.0303 e. The molecule has 2 heteroatoms. The van der Waals surface area contributed by atoms with Gasteiger partial charge >= 0.3 is 0 Å². The molecule has 0 aliphatic carbocycles. The lowest BCUT2D eigenvalue weighted by atomic mass is 9.87. The molecule has 0 fully saturated rings. The monoisotopic (exact) mass is 287 g/mol. The Labute approximate surface area is 127 Å². The van der Waals surface area contributed by atoms with Crippen LogP contribution in [-0.2, 0) is 24.9 Å². The molecule has 108 valence electrons. The van der Waals surface area contributed by atoms with E-state index in [1.807, 2.05) is 11.3 Å². The molecule has 1 aromatic carbocycles. The molecule has 0 saturated carbocycles. The molecule has 1 N–H and O–H groups in total. The van der Waals surface area contributed by atoms with E-state index < -0.39 is 0 Å². The number of thiophene rings is 1. The minimum atomic E-state index is 0.236. The summed E-state index contributed by atoms with van der Waals surface area (Å²) in [5, 5.41) is 3.52. The highest BCUT2D eigenvalue weighted by Gasteiger charge is 2.12. The molecule has 0 atom stereocenters. The predicted octanol–water partition coefficient (Wildman–Crippen LogP) is 4.90. The zero-order valence-corrected chi connectivity index (χ0v) is 13.8. The zero-order chi connectivity index (χ0) is 14.6. The van der Waals surface area contributed by atoms with Crippen molar-refractivity contribution in [2.75, 3.05) is 0 Å². The third-order valence-corrected chi connectivity index (χ3v) is 4.74. The maximum absolute atomic E-state index is 3.52. The van der Waals surface area contributed by atoms with Crippen LogP contribution in [0, 0.1) is 0 Å². The zero-order valence-electron chi connectivity index (χ0n) is 13.0. The molecule has 2 rings (SSSR count). The highest BCUT2D eigenvalue weighted by molar-refractivity contribution is 7.11. The Balaban J connectivity index is 1.85. The highest BCUT2D eigenvalue weighted by Crippen LogP contribution is 2.22. The number of benzene rings is 1. The summed E-state index contributed by atoms with van der Waals surface area (Å²) in [5.74, 6) is 0. The van der Waals surface area contributed by atoms with Crippen LogP contribution in [0.25, 0.3) is 0 Å². The average molecular weight is 287 g/mol. The van der Waals surface area contributed by atoms with E-state index in [1.54, 1.807) is 0 Å². The van der Waals surface area contributed by atoms with Gasteiger partial charge < -0.3 is 5.32 Å². The van der Waals surface area contributed by atoms with Gasteiger partial charge in [-0.25, -0.2) is 0 Å².